The molecule has 16 heteroatoms. The fraction of sp³-hybridized carbons (Fsp3) is 0.270. The predicted octanol–water partition coefficient (Wildman–Crippen LogP) is 10.5. The number of hydrogen-bond acceptors (Lipinski definition) is 9. The number of benzene rings is 4. The van der Waals surface area contributed by atoms with Crippen molar-refractivity contribution in [3.05, 3.63) is 92.4 Å². The summed E-state index contributed by atoms with van der Waals surface area (Å²) in [5, 5.41) is 22.9. The molecule has 1 fully saturated rings. The van der Waals surface area contributed by atoms with Crippen molar-refractivity contribution < 1.29 is 28.9 Å². The van der Waals surface area contributed by atoms with Crippen LogP contribution in [-0.4, -0.2) is 49.1 Å². The van der Waals surface area contributed by atoms with Gasteiger partial charge in [0.1, 0.15) is 17.2 Å². The number of rotatable bonds is 10. The van der Waals surface area contributed by atoms with Crippen molar-refractivity contribution in [3.8, 4) is 23.0 Å². The lowest BCUT2D eigenvalue weighted by Gasteiger charge is -2.19. The fourth-order valence-corrected chi connectivity index (χ4v) is 5.74. The minimum atomic E-state index is -1.30. The number of amides is 2. The SMILES string of the molecule is CC.CC.COc1ccc(N=NC2C(=O)N(c3c(Cl)cc(Cl)cc3Cl)NC2=Nc2cc(NC(=O)C(C)Oc3ccc(O)c(C)c3)ccc2Cl)cc1OC. The smallest absolute Gasteiger partial charge is 0.280 e. The number of ether oxygens (including phenoxy) is 3. The highest BCUT2D eigenvalue weighted by Crippen LogP contribution is 2.39. The number of phenolic OH excluding ortho intramolecular Hbond substituents is 1. The number of aliphatic imine (C=N–C) groups is 1. The third kappa shape index (κ3) is 10.7. The second-order valence-corrected chi connectivity index (χ2v) is 12.2. The van der Waals surface area contributed by atoms with Crippen LogP contribution in [0.5, 0.6) is 23.0 Å². The first-order chi connectivity index (χ1) is 25.4. The van der Waals surface area contributed by atoms with Gasteiger partial charge in [-0.2, -0.15) is 10.2 Å². The van der Waals surface area contributed by atoms with E-state index in [4.69, 9.17) is 60.6 Å². The Hall–Kier alpha value is -4.75. The molecule has 2 amide bonds. The predicted molar refractivity (Wildman–Crippen MR) is 213 cm³/mol. The zero-order valence-corrected chi connectivity index (χ0v) is 33.3. The highest BCUT2D eigenvalue weighted by Gasteiger charge is 2.41. The first-order valence-corrected chi connectivity index (χ1v) is 17.9. The lowest BCUT2D eigenvalue weighted by atomic mass is 10.2. The molecule has 1 aliphatic heterocycles. The molecule has 1 heterocycles. The highest BCUT2D eigenvalue weighted by atomic mass is 35.5. The summed E-state index contributed by atoms with van der Waals surface area (Å²) in [5.74, 6) is 0.390. The summed E-state index contributed by atoms with van der Waals surface area (Å²) >= 11 is 25.5. The molecule has 12 nitrogen and oxygen atoms in total. The number of carbonyl (C=O) groups excluding carboxylic acids is 2. The second-order valence-electron chi connectivity index (χ2n) is 10.5. The molecule has 0 aromatic heterocycles. The number of aryl methyl sites for hydroxylation is 1. The van der Waals surface area contributed by atoms with Crippen molar-refractivity contribution in [3.63, 3.8) is 0 Å². The zero-order valence-electron chi connectivity index (χ0n) is 30.3. The van der Waals surface area contributed by atoms with Crippen LogP contribution < -0.4 is 30.0 Å². The summed E-state index contributed by atoms with van der Waals surface area (Å²) in [6.07, 6.45) is -0.896. The Balaban J connectivity index is 0.00000183. The quantitative estimate of drug-likeness (QED) is 0.135. The van der Waals surface area contributed by atoms with Gasteiger partial charge in [-0.3, -0.25) is 15.0 Å². The summed E-state index contributed by atoms with van der Waals surface area (Å²) in [4.78, 5) is 31.4. The van der Waals surface area contributed by atoms with Crippen LogP contribution in [0.3, 0.4) is 0 Å². The molecule has 2 unspecified atom stereocenters. The molecule has 4 aromatic rings. The number of azo groups is 1. The van der Waals surface area contributed by atoms with Crippen LogP contribution in [0.2, 0.25) is 20.1 Å². The van der Waals surface area contributed by atoms with E-state index in [9.17, 15) is 14.7 Å². The maximum absolute atomic E-state index is 13.8. The van der Waals surface area contributed by atoms with Crippen molar-refractivity contribution in [2.24, 2.45) is 15.2 Å². The Morgan fingerprint density at radius 3 is 2.17 bits per heavy atom. The molecular weight excluding hydrogens is 766 g/mol. The molecule has 1 aliphatic rings. The minimum Gasteiger partial charge on any atom is -0.508 e. The van der Waals surface area contributed by atoms with Gasteiger partial charge in [-0.05, 0) is 80.1 Å². The van der Waals surface area contributed by atoms with Gasteiger partial charge in [0, 0.05) is 16.8 Å². The molecule has 53 heavy (non-hydrogen) atoms. The molecular formula is C37H40Cl4N6O6. The number of nitrogens with zero attached hydrogens (tertiary/aromatic N) is 4. The maximum Gasteiger partial charge on any atom is 0.280 e. The lowest BCUT2D eigenvalue weighted by Crippen LogP contribution is -2.36. The molecule has 1 saturated heterocycles. The Kier molecular flexibility index (Phi) is 16.0. The number of anilines is 2. The monoisotopic (exact) mass is 804 g/mol. The molecule has 0 aliphatic carbocycles. The van der Waals surface area contributed by atoms with Crippen molar-refractivity contribution in [2.45, 2.75) is 53.7 Å². The standard InChI is InChI=1S/C33H28Cl4N6O6.2C2H6/c1-16-11-21(7-9-26(16)44)49-17(2)32(45)38-19-5-8-22(35)25(14-19)39-31-29(41-40-20-6-10-27(47-3)28(15-20)48-4)33(46)43(42-31)30-23(36)12-18(34)13-24(30)37;2*1-2/h5-15,17,29,44H,1-4H3,(H,38,45)(H,39,42);2*1-2H3. The van der Waals surface area contributed by atoms with E-state index in [-0.39, 0.29) is 43.1 Å². The molecule has 3 N–H and O–H groups in total. The number of hydrogen-bond donors (Lipinski definition) is 3. The van der Waals surface area contributed by atoms with Gasteiger partial charge in [-0.25, -0.2) is 10.0 Å². The number of halogens is 4. The van der Waals surface area contributed by atoms with Gasteiger partial charge in [0.2, 0.25) is 6.04 Å². The van der Waals surface area contributed by atoms with Gasteiger partial charge >= 0.3 is 0 Å². The molecule has 0 spiro atoms. The average Bonchev–Trinajstić information content (AvgIpc) is 3.44. The van der Waals surface area contributed by atoms with E-state index in [0.29, 0.717) is 34.2 Å². The largest absolute Gasteiger partial charge is 0.508 e. The van der Waals surface area contributed by atoms with E-state index in [1.54, 1.807) is 50.2 Å². The third-order valence-corrected chi connectivity index (χ3v) is 8.22. The zero-order chi connectivity index (χ0) is 39.4. The summed E-state index contributed by atoms with van der Waals surface area (Å²) < 4.78 is 16.4. The van der Waals surface area contributed by atoms with E-state index in [0.717, 1.165) is 5.01 Å². The van der Waals surface area contributed by atoms with E-state index in [1.807, 2.05) is 27.7 Å². The molecule has 2 atom stereocenters. The average molecular weight is 807 g/mol. The number of hydrazine groups is 1. The molecule has 0 radical (unpaired) electrons. The topological polar surface area (TPSA) is 146 Å². The van der Waals surface area contributed by atoms with Gasteiger partial charge in [-0.15, -0.1) is 0 Å². The fourth-order valence-electron chi connectivity index (χ4n) is 4.59. The number of nitrogens with one attached hydrogen (secondary N) is 2. The minimum absolute atomic E-state index is 0.0288. The molecule has 4 aromatic carbocycles. The molecule has 0 bridgehead atoms. The van der Waals surface area contributed by atoms with Crippen molar-refractivity contribution in [1.29, 1.82) is 0 Å². The number of carbonyl (C=O) groups is 2. The number of phenols is 1. The first kappa shape index (κ1) is 42.7. The number of amidine groups is 1. The highest BCUT2D eigenvalue weighted by molar-refractivity contribution is 6.43. The van der Waals surface area contributed by atoms with Gasteiger partial charge in [0.15, 0.2) is 23.4 Å². The molecule has 5 rings (SSSR count). The first-order valence-electron chi connectivity index (χ1n) is 16.4. The summed E-state index contributed by atoms with van der Waals surface area (Å²) in [5.41, 5.74) is 4.55. The Labute approximate surface area is 328 Å². The van der Waals surface area contributed by atoms with E-state index < -0.39 is 24.0 Å². The van der Waals surface area contributed by atoms with Crippen molar-refractivity contribution in [1.82, 2.24) is 5.43 Å². The van der Waals surface area contributed by atoms with Crippen LogP contribution in [-0.2, 0) is 9.59 Å². The lowest BCUT2D eigenvalue weighted by molar-refractivity contribution is -0.122. The Morgan fingerprint density at radius 1 is 0.887 bits per heavy atom. The second kappa shape index (κ2) is 19.9. The van der Waals surface area contributed by atoms with E-state index >= 15 is 0 Å². The van der Waals surface area contributed by atoms with Crippen LogP contribution in [0.1, 0.15) is 40.2 Å². The maximum atomic E-state index is 13.8. The van der Waals surface area contributed by atoms with Gasteiger partial charge < -0.3 is 24.6 Å². The number of methoxy groups -OCH3 is 2. The third-order valence-electron chi connectivity index (χ3n) is 7.11. The Bertz CT molecular complexity index is 1970. The van der Waals surface area contributed by atoms with Crippen LogP contribution in [0.15, 0.2) is 82.0 Å². The summed E-state index contributed by atoms with van der Waals surface area (Å²) in [6.45, 7) is 11.3. The van der Waals surface area contributed by atoms with Gasteiger partial charge in [-0.1, -0.05) is 74.1 Å². The van der Waals surface area contributed by atoms with Crippen LogP contribution in [0.25, 0.3) is 0 Å². The van der Waals surface area contributed by atoms with Crippen molar-refractivity contribution in [2.75, 3.05) is 24.5 Å². The summed E-state index contributed by atoms with van der Waals surface area (Å²) in [6, 6.07) is 15.8. The van der Waals surface area contributed by atoms with E-state index in [1.165, 1.54) is 44.6 Å². The van der Waals surface area contributed by atoms with E-state index in [2.05, 4.69) is 26.0 Å². The summed E-state index contributed by atoms with van der Waals surface area (Å²) in [7, 11) is 2.99. The van der Waals surface area contributed by atoms with Gasteiger partial charge in [0.05, 0.1) is 40.7 Å². The van der Waals surface area contributed by atoms with Gasteiger partial charge in [0.25, 0.3) is 11.8 Å². The molecule has 282 valence electrons. The van der Waals surface area contributed by atoms with Crippen LogP contribution in [0, 0.1) is 6.92 Å². The Morgan fingerprint density at radius 2 is 1.55 bits per heavy atom. The van der Waals surface area contributed by atoms with Crippen LogP contribution >= 0.6 is 46.4 Å². The van der Waals surface area contributed by atoms with Crippen LogP contribution in [0.4, 0.5) is 22.7 Å². The number of aromatic hydroxyl groups is 1. The normalized spacial score (nSPS) is 14.8. The molecule has 0 saturated carbocycles. The van der Waals surface area contributed by atoms with Crippen molar-refractivity contribution >= 4 is 86.8 Å².